The number of aliphatic carboxylic acids is 1. The molecule has 20 heavy (non-hydrogen) atoms. The molecule has 1 amide bonds. The molecule has 0 spiro atoms. The van der Waals surface area contributed by atoms with E-state index in [0.29, 0.717) is 23.2 Å². The van der Waals surface area contributed by atoms with Crippen LogP contribution in [-0.4, -0.2) is 35.0 Å². The maximum Gasteiger partial charge on any atom is 0.308 e. The second-order valence-corrected chi connectivity index (χ2v) is 5.56. The van der Waals surface area contributed by atoms with E-state index in [9.17, 15) is 14.0 Å². The largest absolute Gasteiger partial charge is 0.481 e. The predicted octanol–water partition coefficient (Wildman–Crippen LogP) is 2.24. The third kappa shape index (κ3) is 2.53. The fourth-order valence-electron chi connectivity index (χ4n) is 2.71. The van der Waals surface area contributed by atoms with Crippen molar-refractivity contribution in [1.29, 1.82) is 0 Å². The fourth-order valence-corrected chi connectivity index (χ4v) is 2.71. The van der Waals surface area contributed by atoms with Crippen molar-refractivity contribution in [1.82, 2.24) is 4.90 Å². The molecule has 1 fully saturated rings. The molecule has 1 aromatic carbocycles. The topological polar surface area (TPSA) is 57.6 Å². The summed E-state index contributed by atoms with van der Waals surface area (Å²) >= 11 is 0. The normalized spacial score (nSPS) is 22.1. The first-order valence-electron chi connectivity index (χ1n) is 6.60. The molecular formula is C15H18FNO3. The summed E-state index contributed by atoms with van der Waals surface area (Å²) < 4.78 is 13.6. The number of carboxylic acids is 1. The molecule has 0 aliphatic carbocycles. The van der Waals surface area contributed by atoms with Crippen LogP contribution in [0.5, 0.6) is 0 Å². The molecule has 2 rings (SSSR count). The molecule has 5 heteroatoms. The van der Waals surface area contributed by atoms with Crippen molar-refractivity contribution in [2.45, 2.75) is 20.8 Å². The van der Waals surface area contributed by atoms with Crippen LogP contribution in [0, 0.1) is 31.5 Å². The van der Waals surface area contributed by atoms with Crippen molar-refractivity contribution in [2.24, 2.45) is 11.8 Å². The van der Waals surface area contributed by atoms with Crippen LogP contribution < -0.4 is 0 Å². The Morgan fingerprint density at radius 1 is 1.25 bits per heavy atom. The Morgan fingerprint density at radius 2 is 1.80 bits per heavy atom. The lowest BCUT2D eigenvalue weighted by atomic mass is 9.99. The van der Waals surface area contributed by atoms with Crippen LogP contribution >= 0.6 is 0 Å². The highest BCUT2D eigenvalue weighted by Gasteiger charge is 2.37. The molecule has 108 valence electrons. The number of nitrogens with zero attached hydrogens (tertiary/aromatic N) is 1. The van der Waals surface area contributed by atoms with Gasteiger partial charge in [0.1, 0.15) is 5.82 Å². The number of carboxylic acid groups (broad SMARTS) is 1. The van der Waals surface area contributed by atoms with Gasteiger partial charge in [0.2, 0.25) is 0 Å². The molecule has 2 atom stereocenters. The Labute approximate surface area is 117 Å². The minimum atomic E-state index is -0.876. The van der Waals surface area contributed by atoms with Gasteiger partial charge in [0.15, 0.2) is 0 Å². The van der Waals surface area contributed by atoms with Crippen LogP contribution in [0.4, 0.5) is 4.39 Å². The quantitative estimate of drug-likeness (QED) is 0.903. The van der Waals surface area contributed by atoms with Gasteiger partial charge in [-0.2, -0.15) is 0 Å². The number of benzene rings is 1. The summed E-state index contributed by atoms with van der Waals surface area (Å²) in [5.41, 5.74) is 1.27. The van der Waals surface area contributed by atoms with E-state index in [2.05, 4.69) is 0 Å². The molecule has 1 N–H and O–H groups in total. The molecule has 1 saturated heterocycles. The van der Waals surface area contributed by atoms with E-state index >= 15 is 0 Å². The lowest BCUT2D eigenvalue weighted by molar-refractivity contribution is -0.142. The second kappa shape index (κ2) is 5.23. The van der Waals surface area contributed by atoms with Crippen molar-refractivity contribution >= 4 is 11.9 Å². The second-order valence-electron chi connectivity index (χ2n) is 5.56. The van der Waals surface area contributed by atoms with Crippen LogP contribution in [0.1, 0.15) is 28.4 Å². The number of amides is 1. The van der Waals surface area contributed by atoms with Crippen LogP contribution in [0.15, 0.2) is 12.1 Å². The molecule has 0 bridgehead atoms. The lowest BCUT2D eigenvalue weighted by Gasteiger charge is -2.17. The minimum Gasteiger partial charge on any atom is -0.481 e. The first-order valence-corrected chi connectivity index (χ1v) is 6.60. The predicted molar refractivity (Wildman–Crippen MR) is 72.1 cm³/mol. The molecular weight excluding hydrogens is 261 g/mol. The van der Waals surface area contributed by atoms with E-state index in [0.717, 1.165) is 0 Å². The summed E-state index contributed by atoms with van der Waals surface area (Å²) in [4.78, 5) is 25.0. The molecule has 0 aromatic heterocycles. The fraction of sp³-hybridized carbons (Fsp3) is 0.467. The zero-order chi connectivity index (χ0) is 15.0. The van der Waals surface area contributed by atoms with E-state index in [1.54, 1.807) is 13.8 Å². The van der Waals surface area contributed by atoms with E-state index < -0.39 is 11.9 Å². The first kappa shape index (κ1) is 14.5. The van der Waals surface area contributed by atoms with Crippen LogP contribution in [0.2, 0.25) is 0 Å². The van der Waals surface area contributed by atoms with Gasteiger partial charge >= 0.3 is 5.97 Å². The maximum atomic E-state index is 13.6. The Morgan fingerprint density at radius 3 is 2.25 bits per heavy atom. The van der Waals surface area contributed by atoms with Gasteiger partial charge in [-0.25, -0.2) is 4.39 Å². The van der Waals surface area contributed by atoms with Crippen molar-refractivity contribution in [3.05, 3.63) is 34.6 Å². The van der Waals surface area contributed by atoms with Crippen LogP contribution in [0.3, 0.4) is 0 Å². The summed E-state index contributed by atoms with van der Waals surface area (Å²) in [5, 5.41) is 9.09. The molecule has 1 aliphatic heterocycles. The van der Waals surface area contributed by atoms with Gasteiger partial charge in [-0.1, -0.05) is 6.92 Å². The average Bonchev–Trinajstić information content (AvgIpc) is 2.76. The Balaban J connectivity index is 2.23. The van der Waals surface area contributed by atoms with E-state index in [1.807, 2.05) is 6.92 Å². The Hall–Kier alpha value is -1.91. The number of likely N-dealkylation sites (tertiary alicyclic amines) is 1. The van der Waals surface area contributed by atoms with Gasteiger partial charge in [0.05, 0.1) is 5.92 Å². The Bertz CT molecular complexity index is 547. The van der Waals surface area contributed by atoms with Crippen molar-refractivity contribution in [3.8, 4) is 0 Å². The average molecular weight is 279 g/mol. The summed E-state index contributed by atoms with van der Waals surface area (Å²) in [6.07, 6.45) is 0. The van der Waals surface area contributed by atoms with Gasteiger partial charge in [-0.05, 0) is 43.0 Å². The van der Waals surface area contributed by atoms with E-state index in [1.165, 1.54) is 17.0 Å². The number of rotatable bonds is 2. The highest BCUT2D eigenvalue weighted by molar-refractivity contribution is 5.95. The molecule has 1 aliphatic rings. The third-order valence-corrected chi connectivity index (χ3v) is 3.90. The maximum absolute atomic E-state index is 13.6. The smallest absolute Gasteiger partial charge is 0.308 e. The van der Waals surface area contributed by atoms with Gasteiger partial charge in [-0.15, -0.1) is 0 Å². The molecule has 4 nitrogen and oxygen atoms in total. The summed E-state index contributed by atoms with van der Waals surface area (Å²) in [7, 11) is 0. The summed E-state index contributed by atoms with van der Waals surface area (Å²) in [6, 6.07) is 3.03. The minimum absolute atomic E-state index is 0.0703. The zero-order valence-electron chi connectivity index (χ0n) is 11.8. The summed E-state index contributed by atoms with van der Waals surface area (Å²) in [6.45, 7) is 5.70. The summed E-state index contributed by atoms with van der Waals surface area (Å²) in [5.74, 6) is -2.01. The molecule has 1 heterocycles. The monoisotopic (exact) mass is 279 g/mol. The number of aryl methyl sites for hydroxylation is 2. The van der Waals surface area contributed by atoms with Gasteiger partial charge in [0.25, 0.3) is 5.91 Å². The number of carbonyl (C=O) groups excluding carboxylic acids is 1. The van der Waals surface area contributed by atoms with Gasteiger partial charge in [-0.3, -0.25) is 9.59 Å². The number of halogens is 1. The molecule has 0 saturated carbocycles. The van der Waals surface area contributed by atoms with Crippen molar-refractivity contribution in [2.75, 3.05) is 13.1 Å². The van der Waals surface area contributed by atoms with Gasteiger partial charge < -0.3 is 10.0 Å². The van der Waals surface area contributed by atoms with Crippen LogP contribution in [0.25, 0.3) is 0 Å². The highest BCUT2D eigenvalue weighted by atomic mass is 19.1. The first-order chi connectivity index (χ1) is 9.31. The third-order valence-electron chi connectivity index (χ3n) is 3.90. The lowest BCUT2D eigenvalue weighted by Crippen LogP contribution is -2.30. The number of carbonyl (C=O) groups is 2. The molecule has 1 aromatic rings. The standard InChI is InChI=1S/C15H18FNO3/c1-8-4-11(5-9(2)13(8)16)14(18)17-6-10(3)12(7-17)15(19)20/h4-5,10,12H,6-7H2,1-3H3,(H,19,20)/t10-,12-/m1/s1. The van der Waals surface area contributed by atoms with Gasteiger partial charge in [0, 0.05) is 18.7 Å². The van der Waals surface area contributed by atoms with Crippen LogP contribution in [-0.2, 0) is 4.79 Å². The van der Waals surface area contributed by atoms with Crippen molar-refractivity contribution in [3.63, 3.8) is 0 Å². The SMILES string of the molecule is Cc1cc(C(=O)N2C[C@@H](C)[C@H](C(=O)O)C2)cc(C)c1F. The molecule has 0 unspecified atom stereocenters. The van der Waals surface area contributed by atoms with E-state index in [4.69, 9.17) is 5.11 Å². The number of hydrogen-bond acceptors (Lipinski definition) is 2. The molecule has 0 radical (unpaired) electrons. The zero-order valence-corrected chi connectivity index (χ0v) is 11.8. The number of hydrogen-bond donors (Lipinski definition) is 1. The Kier molecular flexibility index (Phi) is 3.79. The highest BCUT2D eigenvalue weighted by Crippen LogP contribution is 2.25. The van der Waals surface area contributed by atoms with Crippen molar-refractivity contribution < 1.29 is 19.1 Å². The van der Waals surface area contributed by atoms with E-state index in [-0.39, 0.29) is 24.2 Å².